The van der Waals surface area contributed by atoms with E-state index in [2.05, 4.69) is 18.3 Å². The Hall–Kier alpha value is -2.01. The van der Waals surface area contributed by atoms with Crippen LogP contribution in [-0.2, 0) is 12.8 Å². The molecule has 0 saturated heterocycles. The predicted octanol–water partition coefficient (Wildman–Crippen LogP) is 9.22. The van der Waals surface area contributed by atoms with Crippen LogP contribution in [0.2, 0.25) is 15.1 Å². The van der Waals surface area contributed by atoms with E-state index >= 15 is 0 Å². The van der Waals surface area contributed by atoms with Crippen LogP contribution in [-0.4, -0.2) is 21.7 Å². The molecule has 3 aliphatic carbocycles. The normalized spacial score (nSPS) is 26.1. The summed E-state index contributed by atoms with van der Waals surface area (Å²) in [5.41, 5.74) is 4.68. The number of nitrogens with one attached hydrogen (secondary N) is 1. The van der Waals surface area contributed by atoms with E-state index < -0.39 is 0 Å². The maximum atomic E-state index is 14.2. The van der Waals surface area contributed by atoms with Gasteiger partial charge in [0.25, 0.3) is 5.91 Å². The summed E-state index contributed by atoms with van der Waals surface area (Å²) < 4.78 is 1.94. The van der Waals surface area contributed by atoms with Crippen molar-refractivity contribution in [2.45, 2.75) is 89.5 Å². The van der Waals surface area contributed by atoms with E-state index in [0.29, 0.717) is 27.6 Å². The van der Waals surface area contributed by atoms with Crippen molar-refractivity contribution in [3.05, 3.63) is 80.0 Å². The number of halogens is 3. The van der Waals surface area contributed by atoms with Crippen molar-refractivity contribution in [3.8, 4) is 5.69 Å². The van der Waals surface area contributed by atoms with Gasteiger partial charge in [0.15, 0.2) is 5.69 Å². The van der Waals surface area contributed by atoms with E-state index in [9.17, 15) is 4.79 Å². The molecule has 0 spiro atoms. The molecule has 3 aromatic rings. The Morgan fingerprint density at radius 2 is 1.85 bits per heavy atom. The zero-order valence-electron chi connectivity index (χ0n) is 23.1. The van der Waals surface area contributed by atoms with Gasteiger partial charge in [0.1, 0.15) is 0 Å². The molecule has 1 heterocycles. The smallest absolute Gasteiger partial charge is 0.272 e. The zero-order chi connectivity index (χ0) is 27.8. The largest absolute Gasteiger partial charge is 0.347 e. The van der Waals surface area contributed by atoms with Gasteiger partial charge in [-0.15, -0.1) is 0 Å². The van der Waals surface area contributed by atoms with Crippen LogP contribution in [0, 0.1) is 17.8 Å². The Balaban J connectivity index is 1.41. The van der Waals surface area contributed by atoms with Gasteiger partial charge >= 0.3 is 0 Å². The van der Waals surface area contributed by atoms with Gasteiger partial charge in [0.05, 0.1) is 16.4 Å². The van der Waals surface area contributed by atoms with Gasteiger partial charge in [-0.2, -0.15) is 5.10 Å². The van der Waals surface area contributed by atoms with Crippen LogP contribution in [0.25, 0.3) is 5.69 Å². The summed E-state index contributed by atoms with van der Waals surface area (Å²) in [7, 11) is 0. The van der Waals surface area contributed by atoms with E-state index in [1.165, 1.54) is 37.7 Å². The second-order valence-corrected chi connectivity index (χ2v) is 13.5. The van der Waals surface area contributed by atoms with Crippen molar-refractivity contribution in [2.24, 2.45) is 17.8 Å². The average Bonchev–Trinajstić information content (AvgIpc) is 3.19. The summed E-state index contributed by atoms with van der Waals surface area (Å²) in [6.07, 6.45) is 12.2. The number of carbonyl (C=O) groups excluding carboxylic acids is 1. The van der Waals surface area contributed by atoms with Gasteiger partial charge in [0.2, 0.25) is 0 Å². The number of benzene rings is 2. The molecule has 5 atom stereocenters. The lowest BCUT2D eigenvalue weighted by Crippen LogP contribution is -2.50. The van der Waals surface area contributed by atoms with Crippen molar-refractivity contribution in [3.63, 3.8) is 0 Å². The standard InChI is InChI=1S/C33H38Cl3N3O/c1-2-22-15-20-7-5-10-23(16-20)30(22)37-33(40)31-27-12-4-3-9-24(17-21-8-6-11-25(34)18-21)32(27)39(38-31)29-14-13-26(35)19-28(29)36/h6,8,11,13-14,18-20,22-24,30H,2-5,7,9-10,12,15-17H2,1H3,(H,37,40). The Morgan fingerprint density at radius 3 is 2.65 bits per heavy atom. The number of aromatic nitrogens is 2. The first kappa shape index (κ1) is 28.1. The molecule has 7 heteroatoms. The molecule has 3 aliphatic rings. The highest BCUT2D eigenvalue weighted by molar-refractivity contribution is 6.35. The van der Waals surface area contributed by atoms with Crippen LogP contribution in [0.3, 0.4) is 0 Å². The highest BCUT2D eigenvalue weighted by atomic mass is 35.5. The molecule has 6 rings (SSSR count). The molecule has 5 unspecified atom stereocenters. The fourth-order valence-corrected chi connectivity index (χ4v) is 8.53. The topological polar surface area (TPSA) is 46.9 Å². The maximum Gasteiger partial charge on any atom is 0.272 e. The van der Waals surface area contributed by atoms with Crippen LogP contribution in [0.15, 0.2) is 42.5 Å². The molecule has 2 bridgehead atoms. The van der Waals surface area contributed by atoms with Crippen LogP contribution >= 0.6 is 34.8 Å². The highest BCUT2D eigenvalue weighted by Crippen LogP contribution is 2.44. The quantitative estimate of drug-likeness (QED) is 0.288. The molecular formula is C33H38Cl3N3O. The van der Waals surface area contributed by atoms with Gasteiger partial charge in [-0.3, -0.25) is 4.79 Å². The molecule has 2 saturated carbocycles. The molecule has 40 heavy (non-hydrogen) atoms. The summed E-state index contributed by atoms with van der Waals surface area (Å²) in [5, 5.41) is 10.4. The van der Waals surface area contributed by atoms with Gasteiger partial charge < -0.3 is 5.32 Å². The molecular weight excluding hydrogens is 561 g/mol. The molecule has 1 N–H and O–H groups in total. The summed E-state index contributed by atoms with van der Waals surface area (Å²) in [5.74, 6) is 2.09. The van der Waals surface area contributed by atoms with E-state index in [1.54, 1.807) is 6.07 Å². The molecule has 0 aliphatic heterocycles. The maximum absolute atomic E-state index is 14.2. The number of nitrogens with zero attached hydrogens (tertiary/aromatic N) is 2. The Labute approximate surface area is 252 Å². The lowest BCUT2D eigenvalue weighted by molar-refractivity contribution is 0.0675. The first-order valence-electron chi connectivity index (χ1n) is 15.0. The number of hydrogen-bond donors (Lipinski definition) is 1. The summed E-state index contributed by atoms with van der Waals surface area (Å²) in [4.78, 5) is 14.2. The molecule has 1 amide bonds. The summed E-state index contributed by atoms with van der Waals surface area (Å²) in [6.45, 7) is 2.27. The van der Waals surface area contributed by atoms with Crippen LogP contribution in [0.5, 0.6) is 0 Å². The van der Waals surface area contributed by atoms with E-state index in [1.807, 2.05) is 35.0 Å². The molecule has 212 valence electrons. The number of carbonyl (C=O) groups is 1. The highest BCUT2D eigenvalue weighted by Gasteiger charge is 2.41. The second-order valence-electron chi connectivity index (χ2n) is 12.2. The van der Waals surface area contributed by atoms with Crippen molar-refractivity contribution in [1.29, 1.82) is 0 Å². The number of hydrogen-bond acceptors (Lipinski definition) is 2. The van der Waals surface area contributed by atoms with Crippen LogP contribution in [0.1, 0.15) is 97.9 Å². The fourth-order valence-electron chi connectivity index (χ4n) is 7.83. The molecule has 2 fully saturated rings. The number of fused-ring (bicyclic) bond motifs is 3. The SMILES string of the molecule is CCC1CC2CCCC(C2)C1NC(=O)c1nn(-c2ccc(Cl)cc2Cl)c2c1CCCCC2Cc1cccc(Cl)c1. The van der Waals surface area contributed by atoms with E-state index in [0.717, 1.165) is 66.4 Å². The predicted molar refractivity (Wildman–Crippen MR) is 164 cm³/mol. The summed E-state index contributed by atoms with van der Waals surface area (Å²) in [6, 6.07) is 13.8. The van der Waals surface area contributed by atoms with Gasteiger partial charge in [-0.1, -0.05) is 79.5 Å². The third kappa shape index (κ3) is 5.69. The van der Waals surface area contributed by atoms with Crippen molar-refractivity contribution >= 4 is 40.7 Å². The van der Waals surface area contributed by atoms with Crippen LogP contribution in [0.4, 0.5) is 0 Å². The number of amides is 1. The van der Waals surface area contributed by atoms with Crippen LogP contribution < -0.4 is 5.32 Å². The minimum absolute atomic E-state index is 0.0315. The third-order valence-corrected chi connectivity index (χ3v) is 10.4. The Kier molecular flexibility index (Phi) is 8.49. The minimum atomic E-state index is -0.0315. The monoisotopic (exact) mass is 597 g/mol. The first-order chi connectivity index (χ1) is 19.4. The van der Waals surface area contributed by atoms with Gasteiger partial charge in [-0.05, 0) is 98.6 Å². The van der Waals surface area contributed by atoms with Crippen molar-refractivity contribution in [1.82, 2.24) is 15.1 Å². The lowest BCUT2D eigenvalue weighted by atomic mass is 9.64. The van der Waals surface area contributed by atoms with Crippen molar-refractivity contribution < 1.29 is 4.79 Å². The summed E-state index contributed by atoms with van der Waals surface area (Å²) >= 11 is 19.4. The Bertz CT molecular complexity index is 1380. The van der Waals surface area contributed by atoms with E-state index in [-0.39, 0.29) is 17.9 Å². The van der Waals surface area contributed by atoms with Gasteiger partial charge in [0, 0.05) is 27.6 Å². The lowest BCUT2D eigenvalue weighted by Gasteiger charge is -2.45. The average molecular weight is 599 g/mol. The van der Waals surface area contributed by atoms with Gasteiger partial charge in [-0.25, -0.2) is 4.68 Å². The Morgan fingerprint density at radius 1 is 1.00 bits per heavy atom. The molecule has 4 nitrogen and oxygen atoms in total. The minimum Gasteiger partial charge on any atom is -0.347 e. The van der Waals surface area contributed by atoms with Crippen molar-refractivity contribution in [2.75, 3.05) is 0 Å². The zero-order valence-corrected chi connectivity index (χ0v) is 25.4. The third-order valence-electron chi connectivity index (χ3n) is 9.66. The molecule has 2 aromatic carbocycles. The second kappa shape index (κ2) is 12.1. The number of rotatable bonds is 6. The molecule has 1 aromatic heterocycles. The fraction of sp³-hybridized carbons (Fsp3) is 0.515. The molecule has 0 radical (unpaired) electrons. The van der Waals surface area contributed by atoms with E-state index in [4.69, 9.17) is 39.9 Å². The first-order valence-corrected chi connectivity index (χ1v) is 16.2.